The maximum Gasteiger partial charge on any atom is 0.149 e. The molecule has 0 aliphatic heterocycles. The first-order valence-electron chi connectivity index (χ1n) is 8.52. The highest BCUT2D eigenvalue weighted by atomic mass is 19.1. The van der Waals surface area contributed by atoms with Crippen LogP contribution in [0.2, 0.25) is 0 Å². The SMILES string of the molecule is CCCCC(O)CCN(Cc1ccccc1)c1ccc(F)cc1F. The maximum absolute atomic E-state index is 14.2. The van der Waals surface area contributed by atoms with Gasteiger partial charge in [-0.25, -0.2) is 8.78 Å². The maximum atomic E-state index is 14.2. The summed E-state index contributed by atoms with van der Waals surface area (Å²) < 4.78 is 27.4. The average molecular weight is 333 g/mol. The normalized spacial score (nSPS) is 12.2. The predicted octanol–water partition coefficient (Wildman–Crippen LogP) is 4.91. The van der Waals surface area contributed by atoms with E-state index in [9.17, 15) is 13.9 Å². The summed E-state index contributed by atoms with van der Waals surface area (Å²) in [4.78, 5) is 1.86. The van der Waals surface area contributed by atoms with Gasteiger partial charge in [0.2, 0.25) is 0 Å². The fraction of sp³-hybridized carbons (Fsp3) is 0.400. The summed E-state index contributed by atoms with van der Waals surface area (Å²) in [7, 11) is 0. The van der Waals surface area contributed by atoms with Gasteiger partial charge in [0.1, 0.15) is 11.6 Å². The molecule has 2 aromatic carbocycles. The Bertz CT molecular complexity index is 618. The molecule has 0 radical (unpaired) electrons. The molecule has 4 heteroatoms. The fourth-order valence-electron chi connectivity index (χ4n) is 2.72. The number of rotatable bonds is 9. The summed E-state index contributed by atoms with van der Waals surface area (Å²) in [6, 6.07) is 13.4. The van der Waals surface area contributed by atoms with Gasteiger partial charge in [0.15, 0.2) is 0 Å². The van der Waals surface area contributed by atoms with Crippen LogP contribution in [0.25, 0.3) is 0 Å². The number of anilines is 1. The monoisotopic (exact) mass is 333 g/mol. The topological polar surface area (TPSA) is 23.5 Å². The standard InChI is InChI=1S/C20H25F2NO/c1-2-3-9-18(24)12-13-23(15-16-7-5-4-6-8-16)20-11-10-17(21)14-19(20)22/h4-8,10-11,14,18,24H,2-3,9,12-13,15H2,1H3. The second-order valence-electron chi connectivity index (χ2n) is 6.09. The molecule has 0 heterocycles. The molecule has 2 aromatic rings. The van der Waals surface area contributed by atoms with Gasteiger partial charge in [0.05, 0.1) is 11.8 Å². The molecule has 130 valence electrons. The van der Waals surface area contributed by atoms with Gasteiger partial charge >= 0.3 is 0 Å². The molecule has 1 unspecified atom stereocenters. The molecule has 1 atom stereocenters. The van der Waals surface area contributed by atoms with E-state index in [1.165, 1.54) is 12.1 Å². The molecule has 0 aliphatic carbocycles. The molecule has 0 saturated heterocycles. The van der Waals surface area contributed by atoms with Crippen molar-refractivity contribution in [2.24, 2.45) is 0 Å². The van der Waals surface area contributed by atoms with Crippen LogP contribution in [0.4, 0.5) is 14.5 Å². The largest absolute Gasteiger partial charge is 0.393 e. The zero-order chi connectivity index (χ0) is 17.4. The molecule has 2 rings (SSSR count). The first-order valence-corrected chi connectivity index (χ1v) is 8.52. The lowest BCUT2D eigenvalue weighted by molar-refractivity contribution is 0.153. The third-order valence-electron chi connectivity index (χ3n) is 4.09. The van der Waals surface area contributed by atoms with E-state index < -0.39 is 17.7 Å². The van der Waals surface area contributed by atoms with Crippen molar-refractivity contribution >= 4 is 5.69 Å². The Hall–Kier alpha value is -1.94. The van der Waals surface area contributed by atoms with E-state index in [4.69, 9.17) is 0 Å². The van der Waals surface area contributed by atoms with Crippen molar-refractivity contribution in [3.8, 4) is 0 Å². The van der Waals surface area contributed by atoms with Crippen LogP contribution >= 0.6 is 0 Å². The zero-order valence-electron chi connectivity index (χ0n) is 14.1. The van der Waals surface area contributed by atoms with E-state index in [0.717, 1.165) is 30.9 Å². The van der Waals surface area contributed by atoms with Crippen LogP contribution in [0.15, 0.2) is 48.5 Å². The second kappa shape index (κ2) is 9.38. The van der Waals surface area contributed by atoms with Gasteiger partial charge in [-0.1, -0.05) is 50.1 Å². The average Bonchev–Trinajstić information content (AvgIpc) is 2.58. The lowest BCUT2D eigenvalue weighted by atomic mass is 10.1. The number of hydrogen-bond donors (Lipinski definition) is 1. The van der Waals surface area contributed by atoms with Crippen molar-refractivity contribution in [1.29, 1.82) is 0 Å². The van der Waals surface area contributed by atoms with Crippen molar-refractivity contribution in [1.82, 2.24) is 0 Å². The first-order chi connectivity index (χ1) is 11.6. The molecule has 0 fully saturated rings. The van der Waals surface area contributed by atoms with Gasteiger partial charge in [-0.15, -0.1) is 0 Å². The Morgan fingerprint density at radius 1 is 1.04 bits per heavy atom. The van der Waals surface area contributed by atoms with Crippen molar-refractivity contribution in [3.63, 3.8) is 0 Å². The smallest absolute Gasteiger partial charge is 0.149 e. The molecular weight excluding hydrogens is 308 g/mol. The zero-order valence-corrected chi connectivity index (χ0v) is 14.1. The molecular formula is C20H25F2NO. The van der Waals surface area contributed by atoms with Crippen molar-refractivity contribution in [2.45, 2.75) is 45.3 Å². The van der Waals surface area contributed by atoms with Gasteiger partial charge in [-0.05, 0) is 30.5 Å². The fourth-order valence-corrected chi connectivity index (χ4v) is 2.72. The number of unbranched alkanes of at least 4 members (excludes halogenated alkanes) is 1. The summed E-state index contributed by atoms with van der Waals surface area (Å²) in [6.45, 7) is 3.12. The lowest BCUT2D eigenvalue weighted by Gasteiger charge is -2.26. The van der Waals surface area contributed by atoms with Crippen molar-refractivity contribution in [3.05, 3.63) is 65.7 Å². The molecule has 2 nitrogen and oxygen atoms in total. The number of hydrogen-bond acceptors (Lipinski definition) is 2. The summed E-state index contributed by atoms with van der Waals surface area (Å²) in [6.07, 6.45) is 2.93. The van der Waals surface area contributed by atoms with Gasteiger partial charge in [-0.2, -0.15) is 0 Å². The molecule has 0 aromatic heterocycles. The van der Waals surface area contributed by atoms with E-state index in [1.807, 2.05) is 35.2 Å². The van der Waals surface area contributed by atoms with Gasteiger partial charge in [0.25, 0.3) is 0 Å². The van der Waals surface area contributed by atoms with Crippen molar-refractivity contribution < 1.29 is 13.9 Å². The molecule has 24 heavy (non-hydrogen) atoms. The number of benzene rings is 2. The lowest BCUT2D eigenvalue weighted by Crippen LogP contribution is -2.27. The molecule has 0 spiro atoms. The molecule has 0 bridgehead atoms. The van der Waals surface area contributed by atoms with Crippen LogP contribution < -0.4 is 4.90 Å². The molecule has 0 aliphatic rings. The molecule has 1 N–H and O–H groups in total. The number of aliphatic hydroxyl groups is 1. The molecule has 0 amide bonds. The van der Waals surface area contributed by atoms with Crippen LogP contribution in [0.3, 0.4) is 0 Å². The van der Waals surface area contributed by atoms with Crippen LogP contribution in [0.5, 0.6) is 0 Å². The van der Waals surface area contributed by atoms with Crippen LogP contribution in [-0.2, 0) is 6.54 Å². The van der Waals surface area contributed by atoms with Crippen LogP contribution in [0, 0.1) is 11.6 Å². The summed E-state index contributed by atoms with van der Waals surface area (Å²) in [5.74, 6) is -1.16. The summed E-state index contributed by atoms with van der Waals surface area (Å²) >= 11 is 0. The minimum atomic E-state index is -0.584. The third-order valence-corrected chi connectivity index (χ3v) is 4.09. The van der Waals surface area contributed by atoms with E-state index in [2.05, 4.69) is 6.92 Å². The van der Waals surface area contributed by atoms with Gasteiger partial charge in [-0.3, -0.25) is 0 Å². The number of nitrogens with zero attached hydrogens (tertiary/aromatic N) is 1. The Kier molecular flexibility index (Phi) is 7.19. The Morgan fingerprint density at radius 3 is 2.46 bits per heavy atom. The highest BCUT2D eigenvalue weighted by Crippen LogP contribution is 2.23. The molecule has 0 saturated carbocycles. The van der Waals surface area contributed by atoms with E-state index >= 15 is 0 Å². The minimum absolute atomic E-state index is 0.364. The minimum Gasteiger partial charge on any atom is -0.393 e. The number of halogens is 2. The van der Waals surface area contributed by atoms with Gasteiger partial charge in [0, 0.05) is 19.2 Å². The van der Waals surface area contributed by atoms with E-state index in [1.54, 1.807) is 0 Å². The van der Waals surface area contributed by atoms with Crippen molar-refractivity contribution in [2.75, 3.05) is 11.4 Å². The predicted molar refractivity (Wildman–Crippen MR) is 94.0 cm³/mol. The summed E-state index contributed by atoms with van der Waals surface area (Å²) in [5, 5.41) is 10.1. The number of aliphatic hydroxyl groups excluding tert-OH is 1. The van der Waals surface area contributed by atoms with Gasteiger partial charge < -0.3 is 10.0 Å². The van der Waals surface area contributed by atoms with Crippen LogP contribution in [-0.4, -0.2) is 17.8 Å². The Labute approximate surface area is 142 Å². The Morgan fingerprint density at radius 2 is 1.79 bits per heavy atom. The van der Waals surface area contributed by atoms with E-state index in [-0.39, 0.29) is 0 Å². The van der Waals surface area contributed by atoms with E-state index in [0.29, 0.717) is 25.2 Å². The van der Waals surface area contributed by atoms with Crippen LogP contribution in [0.1, 0.15) is 38.2 Å². The summed E-state index contributed by atoms with van der Waals surface area (Å²) in [5.41, 5.74) is 1.41. The third kappa shape index (κ3) is 5.60. The first kappa shape index (κ1) is 18.4. The second-order valence-corrected chi connectivity index (χ2v) is 6.09. The quantitative estimate of drug-likeness (QED) is 0.704. The highest BCUT2D eigenvalue weighted by molar-refractivity contribution is 5.48. The Balaban J connectivity index is 2.11. The highest BCUT2D eigenvalue weighted by Gasteiger charge is 2.15.